The summed E-state index contributed by atoms with van der Waals surface area (Å²) in [5.41, 5.74) is 5.58. The number of likely N-dealkylation sites (tertiary alicyclic amines) is 1. The number of piperidine rings is 1. The second-order valence-electron chi connectivity index (χ2n) is 9.82. The lowest BCUT2D eigenvalue weighted by atomic mass is 9.74. The second-order valence-corrected chi connectivity index (χ2v) is 10.7. The zero-order chi connectivity index (χ0) is 25.4. The molecule has 5 rings (SSSR count). The van der Waals surface area contributed by atoms with E-state index in [9.17, 15) is 9.59 Å². The van der Waals surface area contributed by atoms with Crippen LogP contribution in [0.2, 0.25) is 10.0 Å². The number of ether oxygens (including phenoxy) is 1. The molecule has 3 aromatic rings. The highest BCUT2D eigenvalue weighted by molar-refractivity contribution is 6.35. The van der Waals surface area contributed by atoms with Crippen molar-refractivity contribution in [2.75, 3.05) is 31.6 Å². The maximum atomic E-state index is 13.6. The third-order valence-electron chi connectivity index (χ3n) is 7.42. The highest BCUT2D eigenvalue weighted by Crippen LogP contribution is 2.48. The van der Waals surface area contributed by atoms with Crippen molar-refractivity contribution in [3.8, 4) is 0 Å². The van der Waals surface area contributed by atoms with E-state index < -0.39 is 0 Å². The van der Waals surface area contributed by atoms with Gasteiger partial charge in [0.1, 0.15) is 0 Å². The van der Waals surface area contributed by atoms with Gasteiger partial charge in [-0.25, -0.2) is 4.79 Å². The molecule has 0 aliphatic carbocycles. The number of carbonyl (C=O) groups excluding carboxylic acids is 2. The quantitative estimate of drug-likeness (QED) is 0.378. The van der Waals surface area contributed by atoms with Crippen molar-refractivity contribution < 1.29 is 14.3 Å². The fourth-order valence-corrected chi connectivity index (χ4v) is 6.01. The minimum atomic E-state index is -0.323. The Bertz CT molecular complexity index is 1290. The van der Waals surface area contributed by atoms with Crippen LogP contribution >= 0.6 is 23.2 Å². The lowest BCUT2D eigenvalue weighted by Gasteiger charge is -2.40. The minimum Gasteiger partial charge on any atom is -0.465 e. The molecule has 0 bridgehead atoms. The summed E-state index contributed by atoms with van der Waals surface area (Å²) < 4.78 is 4.79. The lowest BCUT2D eigenvalue weighted by Crippen LogP contribution is -2.45. The predicted molar refractivity (Wildman–Crippen MR) is 143 cm³/mol. The molecule has 3 aromatic carbocycles. The number of hydrogen-bond donors (Lipinski definition) is 0. The van der Waals surface area contributed by atoms with Crippen molar-refractivity contribution in [1.29, 1.82) is 0 Å². The van der Waals surface area contributed by atoms with Crippen molar-refractivity contribution in [3.63, 3.8) is 0 Å². The fourth-order valence-electron chi connectivity index (χ4n) is 5.49. The molecule has 5 nitrogen and oxygen atoms in total. The van der Waals surface area contributed by atoms with E-state index >= 15 is 0 Å². The highest BCUT2D eigenvalue weighted by Gasteiger charge is 2.46. The van der Waals surface area contributed by atoms with E-state index in [0.717, 1.165) is 43.7 Å². The van der Waals surface area contributed by atoms with Crippen LogP contribution in [-0.4, -0.2) is 43.5 Å². The zero-order valence-corrected chi connectivity index (χ0v) is 21.9. The number of esters is 1. The van der Waals surface area contributed by atoms with Crippen molar-refractivity contribution in [2.45, 2.75) is 31.7 Å². The summed E-state index contributed by atoms with van der Waals surface area (Å²) in [7, 11) is 1.39. The normalized spacial score (nSPS) is 16.7. The summed E-state index contributed by atoms with van der Waals surface area (Å²) in [5, 5.41) is 0.911. The molecule has 7 heteroatoms. The number of nitrogens with zero attached hydrogens (tertiary/aromatic N) is 2. The number of rotatable bonds is 4. The summed E-state index contributed by atoms with van der Waals surface area (Å²) >= 11 is 12.4. The molecule has 1 saturated heterocycles. The van der Waals surface area contributed by atoms with Gasteiger partial charge in [0.25, 0.3) is 5.91 Å². The molecule has 0 aromatic heterocycles. The summed E-state index contributed by atoms with van der Waals surface area (Å²) in [4.78, 5) is 29.6. The molecule has 36 heavy (non-hydrogen) atoms. The molecular formula is C29H28Cl2N2O3. The molecular weight excluding hydrogens is 495 g/mol. The number of anilines is 1. The van der Waals surface area contributed by atoms with Gasteiger partial charge in [-0.15, -0.1) is 0 Å². The standard InChI is InChI=1S/C29H28Cl2N2O3/c1-19-3-8-26-25(13-19)29(18-33(26)27(34)22-14-23(30)16-24(31)15-22)9-11-32(12-10-29)17-20-4-6-21(7-5-20)28(35)36-2/h3-8,13-16H,9-12,17-18H2,1-2H3. The first-order valence-electron chi connectivity index (χ1n) is 12.1. The summed E-state index contributed by atoms with van der Waals surface area (Å²) in [6.45, 7) is 5.43. The van der Waals surface area contributed by atoms with Crippen LogP contribution < -0.4 is 4.90 Å². The van der Waals surface area contributed by atoms with Gasteiger partial charge in [0.2, 0.25) is 0 Å². The molecule has 1 fully saturated rings. The topological polar surface area (TPSA) is 49.9 Å². The van der Waals surface area contributed by atoms with Gasteiger partial charge in [0, 0.05) is 39.8 Å². The molecule has 2 aliphatic rings. The Balaban J connectivity index is 1.34. The summed E-state index contributed by atoms with van der Waals surface area (Å²) in [5.74, 6) is -0.398. The molecule has 0 N–H and O–H groups in total. The first-order chi connectivity index (χ1) is 17.3. The second kappa shape index (κ2) is 9.89. The molecule has 0 atom stereocenters. The SMILES string of the molecule is COC(=O)c1ccc(CN2CCC3(CC2)CN(C(=O)c2cc(Cl)cc(Cl)c2)c2ccc(C)cc23)cc1. The van der Waals surface area contributed by atoms with Crippen molar-refractivity contribution in [1.82, 2.24) is 4.90 Å². The van der Waals surface area contributed by atoms with Crippen LogP contribution in [0.5, 0.6) is 0 Å². The van der Waals surface area contributed by atoms with E-state index in [0.29, 0.717) is 27.7 Å². The van der Waals surface area contributed by atoms with E-state index in [1.807, 2.05) is 29.2 Å². The van der Waals surface area contributed by atoms with Crippen LogP contribution in [0, 0.1) is 6.92 Å². The van der Waals surface area contributed by atoms with Crippen molar-refractivity contribution in [3.05, 3.63) is 98.5 Å². The van der Waals surface area contributed by atoms with Gasteiger partial charge in [0.15, 0.2) is 0 Å². The van der Waals surface area contributed by atoms with Gasteiger partial charge >= 0.3 is 5.97 Å². The largest absolute Gasteiger partial charge is 0.465 e. The predicted octanol–water partition coefficient (Wildman–Crippen LogP) is 6.28. The van der Waals surface area contributed by atoms with E-state index in [1.165, 1.54) is 18.2 Å². The number of halogens is 2. The van der Waals surface area contributed by atoms with Crippen LogP contribution in [0.15, 0.2) is 60.7 Å². The number of aryl methyl sites for hydroxylation is 1. The maximum absolute atomic E-state index is 13.6. The van der Waals surface area contributed by atoms with Crippen LogP contribution in [0.3, 0.4) is 0 Å². The Kier molecular flexibility index (Phi) is 6.82. The van der Waals surface area contributed by atoms with Crippen molar-refractivity contribution in [2.24, 2.45) is 0 Å². The molecule has 0 unspecified atom stereocenters. The van der Waals surface area contributed by atoms with E-state index in [-0.39, 0.29) is 17.3 Å². The molecule has 0 radical (unpaired) electrons. The monoisotopic (exact) mass is 522 g/mol. The Morgan fingerprint density at radius 3 is 2.22 bits per heavy atom. The van der Waals surface area contributed by atoms with Gasteiger partial charge in [-0.3, -0.25) is 9.69 Å². The van der Waals surface area contributed by atoms with Gasteiger partial charge < -0.3 is 9.64 Å². The Morgan fingerprint density at radius 1 is 0.917 bits per heavy atom. The third-order valence-corrected chi connectivity index (χ3v) is 7.86. The first kappa shape index (κ1) is 24.8. The smallest absolute Gasteiger partial charge is 0.337 e. The first-order valence-corrected chi connectivity index (χ1v) is 12.8. The highest BCUT2D eigenvalue weighted by atomic mass is 35.5. The van der Waals surface area contributed by atoms with Crippen LogP contribution in [-0.2, 0) is 16.7 Å². The van der Waals surface area contributed by atoms with E-state index in [1.54, 1.807) is 18.2 Å². The average molecular weight is 523 g/mol. The van der Waals surface area contributed by atoms with Crippen molar-refractivity contribution >= 4 is 40.8 Å². The molecule has 2 aliphatic heterocycles. The molecule has 186 valence electrons. The van der Waals surface area contributed by atoms with Crippen LogP contribution in [0.1, 0.15) is 50.2 Å². The Labute approximate surface area is 221 Å². The molecule has 1 amide bonds. The Hall–Kier alpha value is -2.86. The summed E-state index contributed by atoms with van der Waals surface area (Å²) in [6.07, 6.45) is 1.92. The number of carbonyl (C=O) groups is 2. The van der Waals surface area contributed by atoms with Gasteiger partial charge in [0.05, 0.1) is 12.7 Å². The van der Waals surface area contributed by atoms with E-state index in [4.69, 9.17) is 27.9 Å². The molecule has 0 saturated carbocycles. The Morgan fingerprint density at radius 2 is 1.58 bits per heavy atom. The number of fused-ring (bicyclic) bond motifs is 2. The average Bonchev–Trinajstić information content (AvgIpc) is 3.17. The fraction of sp³-hybridized carbons (Fsp3) is 0.310. The summed E-state index contributed by atoms with van der Waals surface area (Å²) in [6, 6.07) is 19.0. The van der Waals surface area contributed by atoms with Gasteiger partial charge in [-0.05, 0) is 80.4 Å². The van der Waals surface area contributed by atoms with Gasteiger partial charge in [-0.1, -0.05) is 53.0 Å². The van der Waals surface area contributed by atoms with Gasteiger partial charge in [-0.2, -0.15) is 0 Å². The number of methoxy groups -OCH3 is 1. The van der Waals surface area contributed by atoms with Crippen LogP contribution in [0.25, 0.3) is 0 Å². The number of benzene rings is 3. The van der Waals surface area contributed by atoms with E-state index in [2.05, 4.69) is 30.0 Å². The molecule has 2 heterocycles. The minimum absolute atomic E-state index is 0.0745. The molecule has 1 spiro atoms. The number of hydrogen-bond acceptors (Lipinski definition) is 4. The number of amides is 1. The maximum Gasteiger partial charge on any atom is 0.337 e. The van der Waals surface area contributed by atoms with Crippen LogP contribution in [0.4, 0.5) is 5.69 Å². The lowest BCUT2D eigenvalue weighted by molar-refractivity contribution is 0.0600. The zero-order valence-electron chi connectivity index (χ0n) is 20.4. The third kappa shape index (κ3) is 4.75.